The van der Waals surface area contributed by atoms with Gasteiger partial charge in [-0.25, -0.2) is 0 Å². The molecule has 0 saturated carbocycles. The predicted molar refractivity (Wildman–Crippen MR) is 334 cm³/mol. The standard InChI is InChI=1S/C74H83BN2O/c1-67(2)28-30-69(5,6)51-38-45(24-26-49(51)67)76-59-42-55-53(71(9,10)32-34-73(55,13)14)40-57(59)75-58-41-54-56(74(15,16)35-33-72(54,11)12)43-60(58)77(46-25-27-50-52(39-46)70(7,8)31-29-68(50,3)4)62-37-44(36-61(76)66(62)75)47-21-19-23-64-65(47)48-20-17-18-22-63(48)78-64/h17-27,36-43H,28-35H2,1-16H3. The zero-order valence-electron chi connectivity index (χ0n) is 50.0. The highest BCUT2D eigenvalue weighted by Crippen LogP contribution is 2.56. The van der Waals surface area contributed by atoms with E-state index in [0.29, 0.717) is 0 Å². The third kappa shape index (κ3) is 7.08. The molecule has 1 aromatic heterocycles. The number of benzene rings is 7. The molecule has 4 heteroatoms. The second-order valence-electron chi connectivity index (χ2n) is 30.8. The van der Waals surface area contributed by atoms with Crippen LogP contribution >= 0.6 is 0 Å². The summed E-state index contributed by atoms with van der Waals surface area (Å²) in [6.45, 7) is 39.9. The van der Waals surface area contributed by atoms with E-state index in [2.05, 4.69) is 236 Å². The van der Waals surface area contributed by atoms with Crippen molar-refractivity contribution in [2.75, 3.05) is 9.80 Å². The van der Waals surface area contributed by atoms with Crippen molar-refractivity contribution in [1.82, 2.24) is 0 Å². The van der Waals surface area contributed by atoms with Crippen molar-refractivity contribution in [3.63, 3.8) is 0 Å². The molecule has 6 aliphatic rings. The molecule has 0 atom stereocenters. The van der Waals surface area contributed by atoms with Gasteiger partial charge in [0.15, 0.2) is 0 Å². The van der Waals surface area contributed by atoms with Gasteiger partial charge in [-0.05, 0) is 227 Å². The van der Waals surface area contributed by atoms with Crippen LogP contribution in [0, 0.1) is 0 Å². The fourth-order valence-electron chi connectivity index (χ4n) is 16.3. The maximum Gasteiger partial charge on any atom is 0.252 e. The second-order valence-corrected chi connectivity index (χ2v) is 30.8. The molecule has 8 aromatic rings. The first kappa shape index (κ1) is 50.2. The first-order chi connectivity index (χ1) is 36.6. The number of anilines is 6. The number of para-hydroxylation sites is 1. The van der Waals surface area contributed by atoms with Crippen LogP contribution in [0.5, 0.6) is 0 Å². The zero-order valence-corrected chi connectivity index (χ0v) is 50.0. The summed E-state index contributed by atoms with van der Waals surface area (Å²) in [6.07, 6.45) is 9.36. The molecular weight excluding hydrogens is 944 g/mol. The number of hydrogen-bond donors (Lipinski definition) is 0. The first-order valence-electron chi connectivity index (χ1n) is 30.0. The highest BCUT2D eigenvalue weighted by Gasteiger charge is 2.50. The Morgan fingerprint density at radius 3 is 1.15 bits per heavy atom. The highest BCUT2D eigenvalue weighted by atomic mass is 16.3. The summed E-state index contributed by atoms with van der Waals surface area (Å²) in [5.74, 6) is 0. The van der Waals surface area contributed by atoms with Crippen molar-refractivity contribution in [3.8, 4) is 11.1 Å². The van der Waals surface area contributed by atoms with E-state index in [9.17, 15) is 0 Å². The smallest absolute Gasteiger partial charge is 0.252 e. The summed E-state index contributed by atoms with van der Waals surface area (Å²) in [4.78, 5) is 5.51. The number of hydrogen-bond acceptors (Lipinski definition) is 3. The quantitative estimate of drug-likeness (QED) is 0.164. The van der Waals surface area contributed by atoms with E-state index < -0.39 is 0 Å². The summed E-state index contributed by atoms with van der Waals surface area (Å²) >= 11 is 0. The number of nitrogens with zero attached hydrogens (tertiary/aromatic N) is 2. The van der Waals surface area contributed by atoms with Crippen LogP contribution in [0.15, 0.2) is 120 Å². The molecule has 0 N–H and O–H groups in total. The third-order valence-electron chi connectivity index (χ3n) is 21.9. The topological polar surface area (TPSA) is 19.6 Å². The van der Waals surface area contributed by atoms with Crippen molar-refractivity contribution in [1.29, 1.82) is 0 Å². The van der Waals surface area contributed by atoms with E-state index in [1.807, 2.05) is 0 Å². The Labute approximate surface area is 467 Å². The minimum absolute atomic E-state index is 0.00891. The minimum atomic E-state index is -0.00891. The van der Waals surface area contributed by atoms with Crippen LogP contribution in [0.1, 0.15) is 207 Å². The van der Waals surface area contributed by atoms with Gasteiger partial charge in [0.25, 0.3) is 6.71 Å². The third-order valence-corrected chi connectivity index (χ3v) is 21.9. The molecule has 0 bridgehead atoms. The van der Waals surface area contributed by atoms with Gasteiger partial charge in [0.05, 0.1) is 0 Å². The van der Waals surface area contributed by atoms with Crippen molar-refractivity contribution < 1.29 is 4.42 Å². The van der Waals surface area contributed by atoms with E-state index >= 15 is 0 Å². The Morgan fingerprint density at radius 2 is 0.718 bits per heavy atom. The molecule has 0 radical (unpaired) electrons. The Balaban J connectivity index is 1.17. The van der Waals surface area contributed by atoms with Gasteiger partial charge in [-0.2, -0.15) is 0 Å². The Kier molecular flexibility index (Phi) is 10.2. The summed E-state index contributed by atoms with van der Waals surface area (Å²) in [5.41, 5.74) is 28.6. The molecular formula is C74H83BN2O. The maximum absolute atomic E-state index is 6.72. The van der Waals surface area contributed by atoms with Crippen LogP contribution in [0.3, 0.4) is 0 Å². The van der Waals surface area contributed by atoms with Crippen molar-refractivity contribution >= 4 is 79.2 Å². The number of rotatable bonds is 3. The SMILES string of the molecule is CC1(C)CCC(C)(C)c2cc(N3c4cc5c(cc4B4c6cc7c(cc6N(c6ccc8c(c6)C(C)(C)CCC8(C)C)c6cc(-c8cccc9oc%10ccccc%10c89)cc3c64)C(C)(C)CCC7(C)C)C(C)(C)CCC5(C)C)ccc21. The monoisotopic (exact) mass is 1030 g/mol. The van der Waals surface area contributed by atoms with Crippen molar-refractivity contribution in [3.05, 3.63) is 160 Å². The fraction of sp³-hybridized carbons (Fsp3) is 0.432. The molecule has 14 rings (SSSR count). The molecule has 2 aliphatic heterocycles. The summed E-state index contributed by atoms with van der Waals surface area (Å²) < 4.78 is 6.72. The van der Waals surface area contributed by atoms with Gasteiger partial charge in [0.2, 0.25) is 0 Å². The van der Waals surface area contributed by atoms with Crippen LogP contribution < -0.4 is 26.2 Å². The lowest BCUT2D eigenvalue weighted by Gasteiger charge is -2.49. The van der Waals surface area contributed by atoms with E-state index in [1.165, 1.54) is 137 Å². The lowest BCUT2D eigenvalue weighted by atomic mass is 9.32. The summed E-state index contributed by atoms with van der Waals surface area (Å²) in [5, 5.41) is 2.33. The van der Waals surface area contributed by atoms with Gasteiger partial charge in [0.1, 0.15) is 11.2 Å². The first-order valence-corrected chi connectivity index (χ1v) is 30.0. The average Bonchev–Trinajstić information content (AvgIpc) is 3.33. The molecule has 0 saturated heterocycles. The van der Waals surface area contributed by atoms with E-state index in [1.54, 1.807) is 0 Å². The zero-order chi connectivity index (χ0) is 54.8. The Morgan fingerprint density at radius 1 is 0.346 bits per heavy atom. The number of furan rings is 1. The Bertz CT molecular complexity index is 3710. The van der Waals surface area contributed by atoms with E-state index in [4.69, 9.17) is 4.42 Å². The molecule has 78 heavy (non-hydrogen) atoms. The number of fused-ring (bicyclic) bond motifs is 11. The molecule has 0 spiro atoms. The van der Waals surface area contributed by atoms with Crippen LogP contribution in [0.4, 0.5) is 34.1 Å². The van der Waals surface area contributed by atoms with Gasteiger partial charge in [-0.3, -0.25) is 0 Å². The molecule has 0 unspecified atom stereocenters. The maximum atomic E-state index is 6.72. The highest BCUT2D eigenvalue weighted by molar-refractivity contribution is 7.00. The largest absolute Gasteiger partial charge is 0.456 e. The lowest BCUT2D eigenvalue weighted by Crippen LogP contribution is -2.62. The van der Waals surface area contributed by atoms with Gasteiger partial charge in [-0.1, -0.05) is 165 Å². The van der Waals surface area contributed by atoms with Gasteiger partial charge in [0, 0.05) is 44.9 Å². The Hall–Kier alpha value is -6.00. The van der Waals surface area contributed by atoms with E-state index in [0.717, 1.165) is 42.2 Å². The van der Waals surface area contributed by atoms with Gasteiger partial charge >= 0.3 is 0 Å². The van der Waals surface area contributed by atoms with Crippen LogP contribution in [0.2, 0.25) is 0 Å². The van der Waals surface area contributed by atoms with Crippen LogP contribution in [0.25, 0.3) is 33.1 Å². The lowest BCUT2D eigenvalue weighted by molar-refractivity contribution is 0.332. The van der Waals surface area contributed by atoms with Crippen molar-refractivity contribution in [2.24, 2.45) is 0 Å². The normalized spacial score (nSPS) is 21.7. The fourth-order valence-corrected chi connectivity index (χ4v) is 16.3. The summed E-state index contributed by atoms with van der Waals surface area (Å²) in [6, 6.07) is 46.7. The van der Waals surface area contributed by atoms with Crippen LogP contribution in [-0.4, -0.2) is 6.71 Å². The molecule has 0 amide bonds. The van der Waals surface area contributed by atoms with Gasteiger partial charge < -0.3 is 14.2 Å². The second kappa shape index (κ2) is 15.9. The molecule has 3 heterocycles. The molecule has 3 nitrogen and oxygen atoms in total. The molecule has 398 valence electrons. The molecule has 4 aliphatic carbocycles. The average molecular weight is 1030 g/mol. The van der Waals surface area contributed by atoms with E-state index in [-0.39, 0.29) is 50.0 Å². The minimum Gasteiger partial charge on any atom is -0.456 e. The molecule has 7 aromatic carbocycles. The van der Waals surface area contributed by atoms with Crippen molar-refractivity contribution in [2.45, 2.75) is 205 Å². The van der Waals surface area contributed by atoms with Crippen LogP contribution in [-0.2, 0) is 43.3 Å². The predicted octanol–water partition coefficient (Wildman–Crippen LogP) is 18.7. The van der Waals surface area contributed by atoms with Gasteiger partial charge in [-0.15, -0.1) is 0 Å². The summed E-state index contributed by atoms with van der Waals surface area (Å²) in [7, 11) is 0. The molecule has 0 fully saturated rings.